The molecule has 156 valence electrons. The molecule has 0 unspecified atom stereocenters. The van der Waals surface area contributed by atoms with Crippen LogP contribution in [-0.2, 0) is 6.42 Å². The number of nitrogens with zero attached hydrogens (tertiary/aromatic N) is 2. The van der Waals surface area contributed by atoms with Gasteiger partial charge in [0.2, 0.25) is 0 Å². The van der Waals surface area contributed by atoms with Gasteiger partial charge in [0, 0.05) is 35.0 Å². The van der Waals surface area contributed by atoms with E-state index in [2.05, 4.69) is 24.4 Å². The Morgan fingerprint density at radius 1 is 1.13 bits per heavy atom. The number of hydrogen-bond acceptors (Lipinski definition) is 3. The number of nitrogens with two attached hydrogens (primary N) is 1. The third-order valence-electron chi connectivity index (χ3n) is 6.20. The summed E-state index contributed by atoms with van der Waals surface area (Å²) in [5.41, 5.74) is 14.0. The molecule has 1 amide bonds. The predicted molar refractivity (Wildman–Crippen MR) is 121 cm³/mol. The molecule has 0 saturated heterocycles. The van der Waals surface area contributed by atoms with Crippen molar-refractivity contribution in [3.8, 4) is 5.69 Å². The average molecular weight is 403 g/mol. The topological polar surface area (TPSA) is 72.9 Å². The van der Waals surface area contributed by atoms with Crippen molar-refractivity contribution in [1.82, 2.24) is 15.1 Å². The molecule has 3 N–H and O–H groups in total. The Morgan fingerprint density at radius 3 is 2.63 bits per heavy atom. The monoisotopic (exact) mass is 402 g/mol. The minimum absolute atomic E-state index is 0.0326. The molecule has 0 radical (unpaired) electrons. The Morgan fingerprint density at radius 2 is 1.90 bits per heavy atom. The van der Waals surface area contributed by atoms with E-state index in [4.69, 9.17) is 10.8 Å². The number of anilines is 1. The first-order valence-corrected chi connectivity index (χ1v) is 10.7. The zero-order valence-electron chi connectivity index (χ0n) is 18.0. The molecule has 2 aromatic carbocycles. The summed E-state index contributed by atoms with van der Waals surface area (Å²) in [5.74, 6) is 0.0326. The maximum Gasteiger partial charge on any atom is 0.251 e. The van der Waals surface area contributed by atoms with Gasteiger partial charge in [-0.1, -0.05) is 25.0 Å². The quantitative estimate of drug-likeness (QED) is 0.611. The van der Waals surface area contributed by atoms with Crippen molar-refractivity contribution in [3.63, 3.8) is 0 Å². The Bertz CT molecular complexity index is 1080. The smallest absolute Gasteiger partial charge is 0.251 e. The van der Waals surface area contributed by atoms with Crippen LogP contribution in [0, 0.1) is 20.8 Å². The highest BCUT2D eigenvalue weighted by atomic mass is 16.1. The van der Waals surface area contributed by atoms with Crippen LogP contribution in [0.25, 0.3) is 5.69 Å². The molecule has 0 bridgehead atoms. The highest BCUT2D eigenvalue weighted by Gasteiger charge is 2.19. The van der Waals surface area contributed by atoms with Crippen LogP contribution in [0.3, 0.4) is 0 Å². The lowest BCUT2D eigenvalue weighted by atomic mass is 10.0. The van der Waals surface area contributed by atoms with Crippen LogP contribution in [0.5, 0.6) is 0 Å². The second-order valence-electron chi connectivity index (χ2n) is 8.43. The summed E-state index contributed by atoms with van der Waals surface area (Å²) in [7, 11) is 0. The van der Waals surface area contributed by atoms with Crippen molar-refractivity contribution in [2.24, 2.45) is 0 Å². The second kappa shape index (κ2) is 8.34. The summed E-state index contributed by atoms with van der Waals surface area (Å²) in [4.78, 5) is 12.6. The van der Waals surface area contributed by atoms with Gasteiger partial charge in [0.15, 0.2) is 0 Å². The lowest BCUT2D eigenvalue weighted by molar-refractivity contribution is 0.0938. The molecule has 0 aliphatic heterocycles. The van der Waals surface area contributed by atoms with Crippen LogP contribution in [0.2, 0.25) is 0 Å². The molecule has 1 aliphatic carbocycles. The summed E-state index contributed by atoms with van der Waals surface area (Å²) in [6.45, 7) is 6.14. The van der Waals surface area contributed by atoms with Gasteiger partial charge in [0.1, 0.15) is 0 Å². The van der Waals surface area contributed by atoms with Crippen molar-refractivity contribution in [2.45, 2.75) is 58.9 Å². The van der Waals surface area contributed by atoms with Gasteiger partial charge in [-0.3, -0.25) is 4.79 Å². The number of benzene rings is 2. The van der Waals surface area contributed by atoms with Gasteiger partial charge in [0.25, 0.3) is 5.91 Å². The molecule has 0 atom stereocenters. The Labute approximate surface area is 178 Å². The molecular formula is C25H30N4O. The van der Waals surface area contributed by atoms with Crippen molar-refractivity contribution in [2.75, 3.05) is 5.73 Å². The third kappa shape index (κ3) is 4.11. The number of carbonyl (C=O) groups excluding carboxylic acids is 1. The maximum absolute atomic E-state index is 12.6. The lowest BCUT2D eigenvalue weighted by Gasteiger charge is -2.12. The zero-order chi connectivity index (χ0) is 21.3. The van der Waals surface area contributed by atoms with Gasteiger partial charge in [-0.15, -0.1) is 0 Å². The number of aromatic nitrogens is 2. The van der Waals surface area contributed by atoms with Crippen LogP contribution in [0.4, 0.5) is 5.69 Å². The fourth-order valence-corrected chi connectivity index (χ4v) is 4.34. The first-order valence-electron chi connectivity index (χ1n) is 10.7. The number of nitrogens with one attached hydrogen (secondary N) is 1. The van der Waals surface area contributed by atoms with Crippen molar-refractivity contribution >= 4 is 11.6 Å². The van der Waals surface area contributed by atoms with Crippen LogP contribution in [0.1, 0.15) is 64.1 Å². The summed E-state index contributed by atoms with van der Waals surface area (Å²) in [6, 6.07) is 14.3. The van der Waals surface area contributed by atoms with Crippen molar-refractivity contribution < 1.29 is 4.79 Å². The first-order chi connectivity index (χ1) is 14.4. The molecule has 1 aromatic heterocycles. The minimum Gasteiger partial charge on any atom is -0.399 e. The third-order valence-corrected chi connectivity index (χ3v) is 6.20. The van der Waals surface area contributed by atoms with E-state index in [9.17, 15) is 4.79 Å². The standard InChI is InChI=1S/C25H30N4O/c1-16-13-22(11-12-24(16)26)29-18(3)23(17(2)28-29)15-19-7-6-8-20(14-19)25(30)27-21-9-4-5-10-21/h6-8,11-14,21H,4-5,9-10,15,26H2,1-3H3,(H,27,30). The van der Waals surface area contributed by atoms with Crippen molar-refractivity contribution in [1.29, 1.82) is 0 Å². The van der Waals surface area contributed by atoms with E-state index in [-0.39, 0.29) is 5.91 Å². The number of amides is 1. The number of hydrogen-bond donors (Lipinski definition) is 2. The zero-order valence-corrected chi connectivity index (χ0v) is 18.0. The van der Waals surface area contributed by atoms with Crippen LogP contribution in [-0.4, -0.2) is 21.7 Å². The molecule has 1 heterocycles. The SMILES string of the molecule is Cc1cc(-n2nc(C)c(Cc3cccc(C(=O)NC4CCCC4)c3)c2C)ccc1N. The molecule has 5 nitrogen and oxygen atoms in total. The molecule has 1 aliphatic rings. The highest BCUT2D eigenvalue weighted by Crippen LogP contribution is 2.24. The van der Waals surface area contributed by atoms with E-state index in [1.165, 1.54) is 18.4 Å². The largest absolute Gasteiger partial charge is 0.399 e. The Balaban J connectivity index is 1.56. The number of rotatable bonds is 5. The van der Waals surface area contributed by atoms with Gasteiger partial charge in [-0.25, -0.2) is 4.68 Å². The molecule has 1 fully saturated rings. The fourth-order valence-electron chi connectivity index (χ4n) is 4.34. The summed E-state index contributed by atoms with van der Waals surface area (Å²) in [5, 5.41) is 7.95. The van der Waals surface area contributed by atoms with Crippen LogP contribution < -0.4 is 11.1 Å². The molecule has 4 rings (SSSR count). The van der Waals surface area contributed by atoms with Crippen LogP contribution in [0.15, 0.2) is 42.5 Å². The van der Waals surface area contributed by atoms with E-state index >= 15 is 0 Å². The number of carbonyl (C=O) groups is 1. The van der Waals surface area contributed by atoms with Gasteiger partial charge in [-0.05, 0) is 75.1 Å². The van der Waals surface area contributed by atoms with Gasteiger partial charge in [-0.2, -0.15) is 5.10 Å². The maximum atomic E-state index is 12.6. The van der Waals surface area contributed by atoms with E-state index in [0.717, 1.165) is 58.7 Å². The summed E-state index contributed by atoms with van der Waals surface area (Å²) in [6.07, 6.45) is 5.35. The molecule has 0 spiro atoms. The first kappa shape index (κ1) is 20.2. The molecule has 1 saturated carbocycles. The van der Waals surface area contributed by atoms with Gasteiger partial charge < -0.3 is 11.1 Å². The average Bonchev–Trinajstić information content (AvgIpc) is 3.34. The Hall–Kier alpha value is -3.08. The molecule has 30 heavy (non-hydrogen) atoms. The minimum atomic E-state index is 0.0326. The van der Waals surface area contributed by atoms with E-state index in [1.54, 1.807) is 0 Å². The normalized spacial score (nSPS) is 14.2. The van der Waals surface area contributed by atoms with Crippen LogP contribution >= 0.6 is 0 Å². The number of aryl methyl sites for hydroxylation is 2. The molecule has 5 heteroatoms. The number of nitrogen functional groups attached to an aromatic ring is 1. The summed E-state index contributed by atoms with van der Waals surface area (Å²) >= 11 is 0. The van der Waals surface area contributed by atoms with Crippen molar-refractivity contribution in [3.05, 3.63) is 76.1 Å². The summed E-state index contributed by atoms with van der Waals surface area (Å²) < 4.78 is 1.98. The molecular weight excluding hydrogens is 372 g/mol. The molecule has 3 aromatic rings. The van der Waals surface area contributed by atoms with E-state index in [0.29, 0.717) is 6.04 Å². The highest BCUT2D eigenvalue weighted by molar-refractivity contribution is 5.94. The van der Waals surface area contributed by atoms with E-state index in [1.807, 2.05) is 48.9 Å². The second-order valence-corrected chi connectivity index (χ2v) is 8.43. The fraction of sp³-hybridized carbons (Fsp3) is 0.360. The lowest BCUT2D eigenvalue weighted by Crippen LogP contribution is -2.32. The predicted octanol–water partition coefficient (Wildman–Crippen LogP) is 4.64. The van der Waals surface area contributed by atoms with Gasteiger partial charge in [0.05, 0.1) is 11.4 Å². The Kier molecular flexibility index (Phi) is 5.62. The van der Waals surface area contributed by atoms with E-state index < -0.39 is 0 Å². The van der Waals surface area contributed by atoms with Gasteiger partial charge >= 0.3 is 0 Å².